The average molecular weight is 393 g/mol. The van der Waals surface area contributed by atoms with Crippen molar-refractivity contribution in [1.29, 1.82) is 0 Å². The van der Waals surface area contributed by atoms with Gasteiger partial charge in [-0.25, -0.2) is 8.42 Å². The fourth-order valence-corrected chi connectivity index (χ4v) is 4.31. The van der Waals surface area contributed by atoms with Gasteiger partial charge in [0, 0.05) is 22.6 Å². The van der Waals surface area contributed by atoms with Crippen LogP contribution in [-0.4, -0.2) is 20.7 Å². The molecule has 23 heavy (non-hydrogen) atoms. The summed E-state index contributed by atoms with van der Waals surface area (Å²) < 4.78 is 24.7. The maximum Gasteiger partial charge on any atom is 0.181 e. The summed E-state index contributed by atoms with van der Waals surface area (Å²) in [5.74, 6) is -0.0715. The Labute approximate surface area is 151 Å². The number of sulfone groups is 1. The van der Waals surface area contributed by atoms with Crippen molar-refractivity contribution in [3.63, 3.8) is 0 Å². The molecule has 3 nitrogen and oxygen atoms in total. The average Bonchev–Trinajstić information content (AvgIpc) is 2.49. The van der Waals surface area contributed by atoms with E-state index < -0.39 is 9.84 Å². The first-order valence-corrected chi connectivity index (χ1v) is 9.75. The number of hydrogen-bond acceptors (Lipinski definition) is 3. The molecule has 2 rings (SSSR count). The Morgan fingerprint density at radius 1 is 1.04 bits per heavy atom. The molecule has 0 aliphatic heterocycles. The van der Waals surface area contributed by atoms with Gasteiger partial charge < -0.3 is 5.32 Å². The van der Waals surface area contributed by atoms with E-state index in [1.54, 1.807) is 12.1 Å². The molecule has 124 valence electrons. The lowest BCUT2D eigenvalue weighted by Gasteiger charge is -2.15. The van der Waals surface area contributed by atoms with E-state index in [0.717, 1.165) is 5.56 Å². The lowest BCUT2D eigenvalue weighted by Crippen LogP contribution is -2.26. The maximum absolute atomic E-state index is 12.4. The summed E-state index contributed by atoms with van der Waals surface area (Å²) in [5.41, 5.74) is 0.996. The Hall–Kier alpha value is -0.780. The van der Waals surface area contributed by atoms with E-state index in [4.69, 9.17) is 34.8 Å². The van der Waals surface area contributed by atoms with Crippen molar-refractivity contribution < 1.29 is 8.42 Å². The standard InChI is InChI=1S/C16H16Cl3NO2S/c1-11(12-3-2-4-13(17)9-12)20-7-8-23(21,22)16-10-14(18)5-6-15(16)19/h2-6,9-11,20H,7-8H2,1H3/t11-/m1/s1. The molecule has 0 fully saturated rings. The molecule has 2 aromatic carbocycles. The molecular formula is C16H16Cl3NO2S. The third-order valence-corrected chi connectivity index (χ3v) is 6.06. The van der Waals surface area contributed by atoms with Gasteiger partial charge in [-0.2, -0.15) is 0 Å². The van der Waals surface area contributed by atoms with Crippen LogP contribution in [-0.2, 0) is 9.84 Å². The van der Waals surface area contributed by atoms with Gasteiger partial charge in [0.15, 0.2) is 9.84 Å². The zero-order valence-electron chi connectivity index (χ0n) is 12.4. The zero-order chi connectivity index (χ0) is 17.0. The van der Waals surface area contributed by atoms with Gasteiger partial charge in [0.25, 0.3) is 0 Å². The Morgan fingerprint density at radius 3 is 2.43 bits per heavy atom. The number of halogens is 3. The second kappa shape index (κ2) is 7.86. The monoisotopic (exact) mass is 391 g/mol. The minimum absolute atomic E-state index is 0.0151. The normalized spacial score (nSPS) is 13.0. The van der Waals surface area contributed by atoms with Crippen molar-refractivity contribution in [2.24, 2.45) is 0 Å². The first kappa shape index (κ1) is 18.6. The van der Waals surface area contributed by atoms with Crippen LogP contribution in [0.25, 0.3) is 0 Å². The molecule has 1 atom stereocenters. The molecule has 0 aliphatic carbocycles. The van der Waals surface area contributed by atoms with Crippen molar-refractivity contribution in [2.75, 3.05) is 12.3 Å². The molecule has 0 amide bonds. The van der Waals surface area contributed by atoms with Gasteiger partial charge in [0.2, 0.25) is 0 Å². The molecular weight excluding hydrogens is 377 g/mol. The fourth-order valence-electron chi connectivity index (χ4n) is 2.13. The van der Waals surface area contributed by atoms with E-state index in [0.29, 0.717) is 16.6 Å². The van der Waals surface area contributed by atoms with Crippen LogP contribution < -0.4 is 5.32 Å². The first-order valence-electron chi connectivity index (χ1n) is 6.96. The van der Waals surface area contributed by atoms with E-state index in [2.05, 4.69) is 5.32 Å². The summed E-state index contributed by atoms with van der Waals surface area (Å²) in [4.78, 5) is 0.0591. The quantitative estimate of drug-likeness (QED) is 0.770. The topological polar surface area (TPSA) is 46.2 Å². The van der Waals surface area contributed by atoms with Crippen molar-refractivity contribution in [2.45, 2.75) is 17.9 Å². The molecule has 0 spiro atoms. The number of rotatable bonds is 6. The largest absolute Gasteiger partial charge is 0.309 e. The Bertz CT molecular complexity index is 794. The van der Waals surface area contributed by atoms with Gasteiger partial charge in [-0.3, -0.25) is 0 Å². The highest BCUT2D eigenvalue weighted by Gasteiger charge is 2.19. The second-order valence-electron chi connectivity index (χ2n) is 5.12. The molecule has 0 aliphatic rings. The lowest BCUT2D eigenvalue weighted by atomic mass is 10.1. The number of nitrogens with one attached hydrogen (secondary N) is 1. The van der Waals surface area contributed by atoms with Crippen LogP contribution in [0.5, 0.6) is 0 Å². The van der Waals surface area contributed by atoms with Gasteiger partial charge in [0.1, 0.15) is 0 Å². The molecule has 0 aromatic heterocycles. The van der Waals surface area contributed by atoms with Crippen LogP contribution in [0.15, 0.2) is 47.4 Å². The first-order chi connectivity index (χ1) is 10.8. The summed E-state index contributed by atoms with van der Waals surface area (Å²) in [6.07, 6.45) is 0. The molecule has 0 saturated heterocycles. The highest BCUT2D eigenvalue weighted by atomic mass is 35.5. The highest BCUT2D eigenvalue weighted by molar-refractivity contribution is 7.91. The van der Waals surface area contributed by atoms with Gasteiger partial charge in [-0.15, -0.1) is 0 Å². The molecule has 0 unspecified atom stereocenters. The highest BCUT2D eigenvalue weighted by Crippen LogP contribution is 2.26. The molecule has 0 bridgehead atoms. The predicted octanol–water partition coefficient (Wildman–Crippen LogP) is 4.77. The number of hydrogen-bond donors (Lipinski definition) is 1. The smallest absolute Gasteiger partial charge is 0.181 e. The van der Waals surface area contributed by atoms with E-state index in [9.17, 15) is 8.42 Å². The zero-order valence-corrected chi connectivity index (χ0v) is 15.5. The van der Waals surface area contributed by atoms with Crippen LogP contribution in [0, 0.1) is 0 Å². The van der Waals surface area contributed by atoms with Gasteiger partial charge >= 0.3 is 0 Å². The number of benzene rings is 2. The minimum Gasteiger partial charge on any atom is -0.309 e. The van der Waals surface area contributed by atoms with Crippen LogP contribution in [0.1, 0.15) is 18.5 Å². The van der Waals surface area contributed by atoms with Gasteiger partial charge in [-0.05, 0) is 42.8 Å². The van der Waals surface area contributed by atoms with E-state index in [-0.39, 0.29) is 21.7 Å². The molecule has 0 heterocycles. The molecule has 0 radical (unpaired) electrons. The Morgan fingerprint density at radius 2 is 1.74 bits per heavy atom. The summed E-state index contributed by atoms with van der Waals surface area (Å²) in [7, 11) is -3.50. The predicted molar refractivity (Wildman–Crippen MR) is 96.4 cm³/mol. The second-order valence-corrected chi connectivity index (χ2v) is 8.48. The van der Waals surface area contributed by atoms with Crippen molar-refractivity contribution >= 4 is 44.6 Å². The summed E-state index contributed by atoms with van der Waals surface area (Å²) in [5, 5.41) is 4.34. The van der Waals surface area contributed by atoms with Crippen molar-refractivity contribution in [3.8, 4) is 0 Å². The molecule has 1 N–H and O–H groups in total. The van der Waals surface area contributed by atoms with Crippen molar-refractivity contribution in [1.82, 2.24) is 5.32 Å². The molecule has 7 heteroatoms. The SMILES string of the molecule is C[C@@H](NCCS(=O)(=O)c1cc(Cl)ccc1Cl)c1cccc(Cl)c1. The van der Waals surface area contributed by atoms with Crippen LogP contribution in [0.3, 0.4) is 0 Å². The van der Waals surface area contributed by atoms with E-state index in [1.807, 2.05) is 25.1 Å². The third kappa shape index (κ3) is 5.10. The summed E-state index contributed by atoms with van der Waals surface area (Å²) >= 11 is 17.8. The Balaban J connectivity index is 2.01. The van der Waals surface area contributed by atoms with Crippen LogP contribution in [0.4, 0.5) is 0 Å². The minimum atomic E-state index is -3.50. The van der Waals surface area contributed by atoms with Crippen LogP contribution >= 0.6 is 34.8 Å². The van der Waals surface area contributed by atoms with Gasteiger partial charge in [-0.1, -0.05) is 46.9 Å². The van der Waals surface area contributed by atoms with Crippen molar-refractivity contribution in [3.05, 3.63) is 63.1 Å². The summed E-state index contributed by atoms with van der Waals surface area (Å²) in [6, 6.07) is 11.8. The molecule has 0 saturated carbocycles. The van der Waals surface area contributed by atoms with Crippen LogP contribution in [0.2, 0.25) is 15.1 Å². The summed E-state index contributed by atoms with van der Waals surface area (Å²) in [6.45, 7) is 2.24. The molecule has 2 aromatic rings. The van der Waals surface area contributed by atoms with E-state index >= 15 is 0 Å². The van der Waals surface area contributed by atoms with E-state index in [1.165, 1.54) is 12.1 Å². The van der Waals surface area contributed by atoms with Gasteiger partial charge in [0.05, 0.1) is 15.7 Å². The third-order valence-electron chi connectivity index (χ3n) is 3.40. The lowest BCUT2D eigenvalue weighted by molar-refractivity contribution is 0.572. The fraction of sp³-hybridized carbons (Fsp3) is 0.250. The Kier molecular flexibility index (Phi) is 6.34. The maximum atomic E-state index is 12.4.